The molecule has 4 heteroatoms. The van der Waals surface area contributed by atoms with Gasteiger partial charge in [0.25, 0.3) is 0 Å². The SMILES string of the molecule is CCC1(CN(C)Cc2csc(Br)c2)CCNCC1. The van der Waals surface area contributed by atoms with Crippen LogP contribution >= 0.6 is 27.3 Å². The second-order valence-electron chi connectivity index (χ2n) is 5.53. The van der Waals surface area contributed by atoms with Gasteiger partial charge in [-0.2, -0.15) is 0 Å². The van der Waals surface area contributed by atoms with Crippen molar-refractivity contribution in [3.63, 3.8) is 0 Å². The van der Waals surface area contributed by atoms with E-state index in [1.165, 1.54) is 48.2 Å². The third-order valence-electron chi connectivity index (χ3n) is 4.09. The van der Waals surface area contributed by atoms with Crippen LogP contribution in [0.3, 0.4) is 0 Å². The van der Waals surface area contributed by atoms with Crippen LogP contribution in [0, 0.1) is 5.41 Å². The van der Waals surface area contributed by atoms with E-state index in [2.05, 4.69) is 51.6 Å². The van der Waals surface area contributed by atoms with Crippen molar-refractivity contribution in [3.05, 3.63) is 20.8 Å². The smallest absolute Gasteiger partial charge is 0.0701 e. The molecule has 0 bridgehead atoms. The normalized spacial score (nSPS) is 19.3. The molecule has 0 aromatic carbocycles. The number of thiophene rings is 1. The quantitative estimate of drug-likeness (QED) is 0.885. The Labute approximate surface area is 123 Å². The van der Waals surface area contributed by atoms with Gasteiger partial charge in [0.1, 0.15) is 0 Å². The number of nitrogens with zero attached hydrogens (tertiary/aromatic N) is 1. The zero-order valence-corrected chi connectivity index (χ0v) is 13.7. The third kappa shape index (κ3) is 3.80. The van der Waals surface area contributed by atoms with Crippen LogP contribution in [-0.2, 0) is 6.54 Å². The summed E-state index contributed by atoms with van der Waals surface area (Å²) >= 11 is 5.31. The average molecular weight is 331 g/mol. The molecule has 0 spiro atoms. The zero-order valence-electron chi connectivity index (χ0n) is 11.3. The van der Waals surface area contributed by atoms with E-state index in [0.717, 1.165) is 6.54 Å². The highest BCUT2D eigenvalue weighted by Gasteiger charge is 2.31. The molecule has 2 nitrogen and oxygen atoms in total. The van der Waals surface area contributed by atoms with Crippen molar-refractivity contribution in [2.24, 2.45) is 5.41 Å². The number of nitrogens with one attached hydrogen (secondary N) is 1. The molecule has 2 heterocycles. The van der Waals surface area contributed by atoms with Crippen LogP contribution in [0.15, 0.2) is 15.2 Å². The fourth-order valence-corrected chi connectivity index (χ4v) is 4.15. The summed E-state index contributed by atoms with van der Waals surface area (Å²) in [6.07, 6.45) is 3.94. The lowest BCUT2D eigenvalue weighted by Gasteiger charge is -2.39. The lowest BCUT2D eigenvalue weighted by molar-refractivity contribution is 0.119. The van der Waals surface area contributed by atoms with E-state index in [1.54, 1.807) is 11.3 Å². The van der Waals surface area contributed by atoms with Gasteiger partial charge in [-0.15, -0.1) is 11.3 Å². The van der Waals surface area contributed by atoms with Crippen molar-refractivity contribution in [1.82, 2.24) is 10.2 Å². The molecular weight excluding hydrogens is 308 g/mol. The maximum atomic E-state index is 3.54. The average Bonchev–Trinajstić information content (AvgIpc) is 2.75. The molecule has 1 aromatic rings. The first kappa shape index (κ1) is 14.5. The van der Waals surface area contributed by atoms with Gasteiger partial charge in [-0.3, -0.25) is 0 Å². The van der Waals surface area contributed by atoms with Crippen LogP contribution in [0.1, 0.15) is 31.7 Å². The third-order valence-corrected chi connectivity index (χ3v) is 5.65. The van der Waals surface area contributed by atoms with Crippen LogP contribution in [0.25, 0.3) is 0 Å². The Morgan fingerprint density at radius 1 is 1.44 bits per heavy atom. The maximum absolute atomic E-state index is 3.54. The van der Waals surface area contributed by atoms with E-state index in [4.69, 9.17) is 0 Å². The highest BCUT2D eigenvalue weighted by molar-refractivity contribution is 9.11. The van der Waals surface area contributed by atoms with Gasteiger partial charge < -0.3 is 10.2 Å². The van der Waals surface area contributed by atoms with Gasteiger partial charge in [0, 0.05) is 13.1 Å². The summed E-state index contributed by atoms with van der Waals surface area (Å²) in [5, 5.41) is 5.73. The predicted molar refractivity (Wildman–Crippen MR) is 83.2 cm³/mol. The lowest BCUT2D eigenvalue weighted by atomic mass is 9.76. The van der Waals surface area contributed by atoms with Crippen LogP contribution in [0.5, 0.6) is 0 Å². The van der Waals surface area contributed by atoms with Gasteiger partial charge in [0.15, 0.2) is 0 Å². The van der Waals surface area contributed by atoms with Crippen LogP contribution in [0.2, 0.25) is 0 Å². The molecular formula is C14H23BrN2S. The summed E-state index contributed by atoms with van der Waals surface area (Å²) in [6.45, 7) is 7.01. The molecule has 0 unspecified atom stereocenters. The maximum Gasteiger partial charge on any atom is 0.0701 e. The molecule has 1 aliphatic heterocycles. The molecule has 0 aliphatic carbocycles. The Morgan fingerprint density at radius 2 is 2.17 bits per heavy atom. The summed E-state index contributed by atoms with van der Waals surface area (Å²) in [5.74, 6) is 0. The number of rotatable bonds is 5. The Bertz CT molecular complexity index is 372. The largest absolute Gasteiger partial charge is 0.317 e. The molecule has 1 saturated heterocycles. The molecule has 1 aromatic heterocycles. The minimum Gasteiger partial charge on any atom is -0.317 e. The highest BCUT2D eigenvalue weighted by atomic mass is 79.9. The lowest BCUT2D eigenvalue weighted by Crippen LogP contribution is -2.43. The standard InChI is InChI=1S/C14H23BrN2S/c1-3-14(4-6-16-7-5-14)11-17(2)9-12-8-13(15)18-10-12/h8,10,16H,3-7,9,11H2,1-2H3. The first-order valence-corrected chi connectivity index (χ1v) is 8.43. The summed E-state index contributed by atoms with van der Waals surface area (Å²) in [5.41, 5.74) is 1.96. The van der Waals surface area contributed by atoms with Crippen LogP contribution in [0.4, 0.5) is 0 Å². The Morgan fingerprint density at radius 3 is 2.72 bits per heavy atom. The molecule has 0 amide bonds. The van der Waals surface area contributed by atoms with Crippen molar-refractivity contribution in [2.45, 2.75) is 32.7 Å². The first-order chi connectivity index (χ1) is 8.63. The molecule has 2 rings (SSSR count). The van der Waals surface area contributed by atoms with Crippen LogP contribution < -0.4 is 5.32 Å². The Kier molecular flexibility index (Phi) is 5.24. The monoisotopic (exact) mass is 330 g/mol. The number of piperidine rings is 1. The van der Waals surface area contributed by atoms with E-state index >= 15 is 0 Å². The van der Waals surface area contributed by atoms with E-state index < -0.39 is 0 Å². The summed E-state index contributed by atoms with van der Waals surface area (Å²) in [4.78, 5) is 2.49. The second kappa shape index (κ2) is 6.51. The fourth-order valence-electron chi connectivity index (χ4n) is 2.95. The molecule has 1 fully saturated rings. The fraction of sp³-hybridized carbons (Fsp3) is 0.714. The van der Waals surface area contributed by atoms with Gasteiger partial charge in [0.05, 0.1) is 3.79 Å². The van der Waals surface area contributed by atoms with Crippen LogP contribution in [-0.4, -0.2) is 31.6 Å². The van der Waals surface area contributed by atoms with Crippen molar-refractivity contribution < 1.29 is 0 Å². The second-order valence-corrected chi connectivity index (χ2v) is 7.83. The molecule has 1 aliphatic rings. The minimum atomic E-state index is 0.535. The minimum absolute atomic E-state index is 0.535. The van der Waals surface area contributed by atoms with Gasteiger partial charge >= 0.3 is 0 Å². The van der Waals surface area contributed by atoms with E-state index in [9.17, 15) is 0 Å². The molecule has 18 heavy (non-hydrogen) atoms. The summed E-state index contributed by atoms with van der Waals surface area (Å²) in [6, 6.07) is 2.24. The first-order valence-electron chi connectivity index (χ1n) is 6.76. The summed E-state index contributed by atoms with van der Waals surface area (Å²) < 4.78 is 1.23. The van der Waals surface area contributed by atoms with E-state index in [0.29, 0.717) is 5.41 Å². The van der Waals surface area contributed by atoms with Crippen molar-refractivity contribution in [2.75, 3.05) is 26.7 Å². The number of hydrogen-bond acceptors (Lipinski definition) is 3. The summed E-state index contributed by atoms with van der Waals surface area (Å²) in [7, 11) is 2.25. The van der Waals surface area contributed by atoms with Crippen molar-refractivity contribution >= 4 is 27.3 Å². The van der Waals surface area contributed by atoms with Crippen molar-refractivity contribution in [3.8, 4) is 0 Å². The molecule has 1 N–H and O–H groups in total. The van der Waals surface area contributed by atoms with E-state index in [1.807, 2.05) is 0 Å². The topological polar surface area (TPSA) is 15.3 Å². The van der Waals surface area contributed by atoms with Gasteiger partial charge in [-0.1, -0.05) is 6.92 Å². The molecule has 102 valence electrons. The van der Waals surface area contributed by atoms with Crippen molar-refractivity contribution in [1.29, 1.82) is 0 Å². The number of hydrogen-bond donors (Lipinski definition) is 1. The Balaban J connectivity index is 1.90. The Hall–Kier alpha value is 0.1000. The van der Waals surface area contributed by atoms with E-state index in [-0.39, 0.29) is 0 Å². The molecule has 0 radical (unpaired) electrons. The van der Waals surface area contributed by atoms with Gasteiger partial charge in [0.2, 0.25) is 0 Å². The molecule has 0 saturated carbocycles. The van der Waals surface area contributed by atoms with Gasteiger partial charge in [-0.25, -0.2) is 0 Å². The molecule has 0 atom stereocenters. The number of halogens is 1. The van der Waals surface area contributed by atoms with Gasteiger partial charge in [-0.05, 0) is 77.8 Å². The highest BCUT2D eigenvalue weighted by Crippen LogP contribution is 2.33. The zero-order chi connectivity index (χ0) is 13.0. The predicted octanol–water partition coefficient (Wildman–Crippen LogP) is 3.72.